The zero-order valence-electron chi connectivity index (χ0n) is 16.5. The van der Waals surface area contributed by atoms with Crippen LogP contribution in [-0.4, -0.2) is 11.0 Å². The van der Waals surface area contributed by atoms with E-state index >= 15 is 0 Å². The molecule has 1 atom stereocenters. The Morgan fingerprint density at radius 2 is 1.85 bits per heavy atom. The summed E-state index contributed by atoms with van der Waals surface area (Å²) in [6.07, 6.45) is 8.42. The molecule has 0 saturated heterocycles. The van der Waals surface area contributed by atoms with E-state index in [9.17, 15) is 10.1 Å². The Balaban J connectivity index is 1.99. The summed E-state index contributed by atoms with van der Waals surface area (Å²) in [4.78, 5) is 16.7. The topological polar surface area (TPSA) is 63.0 Å². The molecule has 0 aliphatic carbocycles. The molecule has 0 aliphatic heterocycles. The van der Waals surface area contributed by atoms with Gasteiger partial charge in [-0.25, -0.2) is 4.79 Å². The van der Waals surface area contributed by atoms with E-state index in [0.717, 1.165) is 17.7 Å². The van der Waals surface area contributed by atoms with Crippen LogP contribution in [0.1, 0.15) is 58.4 Å². The minimum Gasteiger partial charge on any atom is -0.425 e. The minimum atomic E-state index is -1.12. The maximum absolute atomic E-state index is 12.2. The Hall–Kier alpha value is -2.67. The summed E-state index contributed by atoms with van der Waals surface area (Å²) in [5, 5.41) is 9.17. The average Bonchev–Trinajstić information content (AvgIpc) is 2.71. The number of benzene rings is 1. The molecule has 0 saturated carbocycles. The first-order valence-electron chi connectivity index (χ1n) is 9.71. The molecule has 1 aromatic heterocycles. The number of esters is 1. The molecule has 0 spiro atoms. The van der Waals surface area contributed by atoms with Crippen molar-refractivity contribution >= 4 is 5.97 Å². The van der Waals surface area contributed by atoms with Gasteiger partial charge in [-0.05, 0) is 62.1 Å². The highest BCUT2D eigenvalue weighted by atomic mass is 16.5. The fraction of sp³-hybridized carbons (Fsp3) is 0.435. The molecule has 27 heavy (non-hydrogen) atoms. The molecule has 0 bridgehead atoms. The standard InChI is InChI=1S/C23H28N2O2/c1-4-6-7-8-9-18-10-15-21(25-16-18)19-11-13-20(14-12-19)27-22(26)23(3,5-2)17-24/h10-16H,4-9H2,1-3H3. The van der Waals surface area contributed by atoms with Crippen molar-refractivity contribution in [2.45, 2.75) is 59.3 Å². The number of carbonyl (C=O) groups excluding carboxylic acids is 1. The van der Waals surface area contributed by atoms with Crippen molar-refractivity contribution in [1.82, 2.24) is 4.98 Å². The lowest BCUT2D eigenvalue weighted by molar-refractivity contribution is -0.141. The number of unbranched alkanes of at least 4 members (excludes halogenated alkanes) is 3. The Morgan fingerprint density at radius 3 is 2.41 bits per heavy atom. The molecule has 0 radical (unpaired) electrons. The van der Waals surface area contributed by atoms with Gasteiger partial charge in [-0.15, -0.1) is 0 Å². The van der Waals surface area contributed by atoms with Crippen LogP contribution in [0.4, 0.5) is 0 Å². The molecule has 142 valence electrons. The van der Waals surface area contributed by atoms with E-state index in [0.29, 0.717) is 12.2 Å². The quantitative estimate of drug-likeness (QED) is 0.324. The fourth-order valence-electron chi connectivity index (χ4n) is 2.68. The second-order valence-corrected chi connectivity index (χ2v) is 7.07. The monoisotopic (exact) mass is 364 g/mol. The van der Waals surface area contributed by atoms with Crippen molar-refractivity contribution in [2.75, 3.05) is 0 Å². The Labute approximate surface area is 162 Å². The molecule has 0 aliphatic rings. The van der Waals surface area contributed by atoms with Gasteiger partial charge in [0, 0.05) is 11.8 Å². The van der Waals surface area contributed by atoms with Gasteiger partial charge in [0.2, 0.25) is 0 Å². The molecule has 4 nitrogen and oxygen atoms in total. The van der Waals surface area contributed by atoms with E-state index in [1.165, 1.54) is 31.2 Å². The van der Waals surface area contributed by atoms with Gasteiger partial charge in [0.25, 0.3) is 0 Å². The number of hydrogen-bond donors (Lipinski definition) is 0. The predicted octanol–water partition coefficient (Wildman–Crippen LogP) is 5.72. The maximum atomic E-state index is 12.2. The number of ether oxygens (including phenoxy) is 1. The lowest BCUT2D eigenvalue weighted by Crippen LogP contribution is -2.29. The second-order valence-electron chi connectivity index (χ2n) is 7.07. The molecule has 0 fully saturated rings. The number of aromatic nitrogens is 1. The molecular formula is C23H28N2O2. The predicted molar refractivity (Wildman–Crippen MR) is 107 cm³/mol. The van der Waals surface area contributed by atoms with Crippen LogP contribution in [0, 0.1) is 16.7 Å². The smallest absolute Gasteiger partial charge is 0.331 e. The van der Waals surface area contributed by atoms with E-state index < -0.39 is 11.4 Å². The van der Waals surface area contributed by atoms with E-state index in [4.69, 9.17) is 4.74 Å². The molecule has 0 N–H and O–H groups in total. The lowest BCUT2D eigenvalue weighted by Gasteiger charge is -2.17. The molecule has 1 unspecified atom stereocenters. The summed E-state index contributed by atoms with van der Waals surface area (Å²) in [5.41, 5.74) is 2.00. The molecule has 2 rings (SSSR count). The number of nitriles is 1. The van der Waals surface area contributed by atoms with Gasteiger partial charge in [0.15, 0.2) is 5.41 Å². The highest BCUT2D eigenvalue weighted by Crippen LogP contribution is 2.25. The van der Waals surface area contributed by atoms with Crippen molar-refractivity contribution in [3.8, 4) is 23.1 Å². The van der Waals surface area contributed by atoms with Gasteiger partial charge in [0.05, 0.1) is 11.8 Å². The van der Waals surface area contributed by atoms with Gasteiger partial charge in [-0.1, -0.05) is 39.2 Å². The van der Waals surface area contributed by atoms with Crippen LogP contribution in [0.25, 0.3) is 11.3 Å². The number of aryl methyl sites for hydroxylation is 1. The minimum absolute atomic E-state index is 0.412. The number of carbonyl (C=O) groups is 1. The Kier molecular flexibility index (Phi) is 7.55. The maximum Gasteiger partial charge on any atom is 0.331 e. The van der Waals surface area contributed by atoms with Crippen molar-refractivity contribution in [3.05, 3.63) is 48.2 Å². The molecule has 1 aromatic carbocycles. The largest absolute Gasteiger partial charge is 0.425 e. The summed E-state index contributed by atoms with van der Waals surface area (Å²) in [6, 6.07) is 13.4. The van der Waals surface area contributed by atoms with E-state index in [2.05, 4.69) is 18.0 Å². The van der Waals surface area contributed by atoms with Crippen LogP contribution in [0.3, 0.4) is 0 Å². The van der Waals surface area contributed by atoms with E-state index in [-0.39, 0.29) is 0 Å². The van der Waals surface area contributed by atoms with Crippen LogP contribution in [0.5, 0.6) is 5.75 Å². The summed E-state index contributed by atoms with van der Waals surface area (Å²) in [5.74, 6) is -0.0861. The summed E-state index contributed by atoms with van der Waals surface area (Å²) in [7, 11) is 0. The first-order valence-corrected chi connectivity index (χ1v) is 9.71. The van der Waals surface area contributed by atoms with Crippen molar-refractivity contribution in [1.29, 1.82) is 5.26 Å². The van der Waals surface area contributed by atoms with Crippen molar-refractivity contribution < 1.29 is 9.53 Å². The van der Waals surface area contributed by atoms with Crippen LogP contribution < -0.4 is 4.74 Å². The van der Waals surface area contributed by atoms with Gasteiger partial charge >= 0.3 is 5.97 Å². The molecule has 0 amide bonds. The highest BCUT2D eigenvalue weighted by Gasteiger charge is 2.33. The van der Waals surface area contributed by atoms with Crippen LogP contribution in [0.2, 0.25) is 0 Å². The Bertz CT molecular complexity index is 776. The number of rotatable bonds is 9. The SMILES string of the molecule is CCCCCCc1ccc(-c2ccc(OC(=O)C(C)(C#N)CC)cc2)nc1. The fourth-order valence-corrected chi connectivity index (χ4v) is 2.68. The number of pyridine rings is 1. The molecule has 4 heteroatoms. The van der Waals surface area contributed by atoms with Crippen LogP contribution in [-0.2, 0) is 11.2 Å². The van der Waals surface area contributed by atoms with Crippen LogP contribution >= 0.6 is 0 Å². The normalized spacial score (nSPS) is 12.8. The zero-order valence-corrected chi connectivity index (χ0v) is 16.5. The summed E-state index contributed by atoms with van der Waals surface area (Å²) in [6.45, 7) is 5.61. The number of hydrogen-bond acceptors (Lipinski definition) is 4. The first-order chi connectivity index (χ1) is 13.0. The first kappa shape index (κ1) is 20.6. The van der Waals surface area contributed by atoms with Gasteiger partial charge < -0.3 is 4.74 Å². The number of nitrogens with zero attached hydrogens (tertiary/aromatic N) is 2. The third-order valence-electron chi connectivity index (χ3n) is 4.91. The van der Waals surface area contributed by atoms with Gasteiger partial charge in [-0.2, -0.15) is 5.26 Å². The zero-order chi connectivity index (χ0) is 19.7. The Morgan fingerprint density at radius 1 is 1.11 bits per heavy atom. The van der Waals surface area contributed by atoms with Crippen LogP contribution in [0.15, 0.2) is 42.6 Å². The third kappa shape index (κ3) is 5.65. The van der Waals surface area contributed by atoms with Gasteiger partial charge in [-0.3, -0.25) is 4.98 Å². The lowest BCUT2D eigenvalue weighted by atomic mass is 9.90. The van der Waals surface area contributed by atoms with E-state index in [1.54, 1.807) is 26.0 Å². The second kappa shape index (κ2) is 9.87. The van der Waals surface area contributed by atoms with E-state index in [1.807, 2.05) is 30.5 Å². The summed E-state index contributed by atoms with van der Waals surface area (Å²) < 4.78 is 5.35. The average molecular weight is 364 g/mol. The molecular weight excluding hydrogens is 336 g/mol. The third-order valence-corrected chi connectivity index (χ3v) is 4.91. The highest BCUT2D eigenvalue weighted by molar-refractivity contribution is 5.81. The van der Waals surface area contributed by atoms with Crippen molar-refractivity contribution in [3.63, 3.8) is 0 Å². The van der Waals surface area contributed by atoms with Crippen molar-refractivity contribution in [2.24, 2.45) is 5.41 Å². The summed E-state index contributed by atoms with van der Waals surface area (Å²) >= 11 is 0. The van der Waals surface area contributed by atoms with Gasteiger partial charge in [0.1, 0.15) is 5.75 Å². The molecule has 1 heterocycles. The molecule has 2 aromatic rings.